The number of benzene rings is 3. The Morgan fingerprint density at radius 1 is 0.857 bits per heavy atom. The molecule has 0 aliphatic heterocycles. The maximum absolute atomic E-state index is 12.9. The molecule has 0 saturated carbocycles. The number of halogens is 2. The molecule has 0 aliphatic carbocycles. The van der Waals surface area contributed by atoms with Crippen molar-refractivity contribution in [3.05, 3.63) is 92.9 Å². The third-order valence-corrected chi connectivity index (χ3v) is 5.23. The zero-order valence-corrected chi connectivity index (χ0v) is 18.3. The highest BCUT2D eigenvalue weighted by atomic mass is 79.9. The summed E-state index contributed by atoms with van der Waals surface area (Å²) in [6, 6.07) is 22.2. The maximum Gasteiger partial charge on any atom is 0.257 e. The monoisotopic (exact) mass is 500 g/mol. The third-order valence-electron chi connectivity index (χ3n) is 4.18. The van der Waals surface area contributed by atoms with Crippen molar-refractivity contribution < 1.29 is 9.59 Å². The number of carbonyl (C=O) groups is 2. The zero-order chi connectivity index (χ0) is 20.1. The molecule has 0 aliphatic rings. The number of nitrogens with zero attached hydrogens (tertiary/aromatic N) is 1. The summed E-state index contributed by atoms with van der Waals surface area (Å²) in [4.78, 5) is 26.9. The molecule has 0 aromatic heterocycles. The van der Waals surface area contributed by atoms with Crippen molar-refractivity contribution in [3.63, 3.8) is 0 Å². The number of rotatable bonds is 5. The highest BCUT2D eigenvalue weighted by molar-refractivity contribution is 9.10. The fourth-order valence-corrected chi connectivity index (χ4v) is 3.30. The van der Waals surface area contributed by atoms with E-state index in [0.29, 0.717) is 23.5 Å². The largest absolute Gasteiger partial charge is 0.322 e. The summed E-state index contributed by atoms with van der Waals surface area (Å²) in [6.45, 7) is 1.88. The predicted octanol–water partition coefficient (Wildman–Crippen LogP) is 6.02. The van der Waals surface area contributed by atoms with Gasteiger partial charge in [-0.05, 0) is 54.1 Å². The average molecular weight is 502 g/mol. The summed E-state index contributed by atoms with van der Waals surface area (Å²) in [6.07, 6.45) is 0. The number of hydrogen-bond donors (Lipinski definition) is 1. The Bertz CT molecular complexity index is 986. The second-order valence-corrected chi connectivity index (χ2v) is 8.04. The number of nitrogens with one attached hydrogen (secondary N) is 1. The Kier molecular flexibility index (Phi) is 6.65. The van der Waals surface area contributed by atoms with Crippen LogP contribution >= 0.6 is 31.9 Å². The van der Waals surface area contributed by atoms with Crippen molar-refractivity contribution in [2.24, 2.45) is 0 Å². The Balaban J connectivity index is 1.89. The fourth-order valence-electron chi connectivity index (χ4n) is 2.77. The van der Waals surface area contributed by atoms with E-state index < -0.39 is 0 Å². The number of amides is 2. The normalized spacial score (nSPS) is 10.4. The SMILES string of the molecule is CC(=O)N(Cc1ccc(Br)cc1)c1ccccc1C(=O)Nc1ccc(Br)cc1. The number of para-hydroxylation sites is 1. The van der Waals surface area contributed by atoms with E-state index >= 15 is 0 Å². The molecule has 142 valence electrons. The van der Waals surface area contributed by atoms with Crippen molar-refractivity contribution in [1.82, 2.24) is 0 Å². The smallest absolute Gasteiger partial charge is 0.257 e. The first kappa shape index (κ1) is 20.3. The summed E-state index contributed by atoms with van der Waals surface area (Å²) < 4.78 is 1.91. The number of carbonyl (C=O) groups excluding carboxylic acids is 2. The van der Waals surface area contributed by atoms with Crippen LogP contribution in [0, 0.1) is 0 Å². The van der Waals surface area contributed by atoms with Gasteiger partial charge in [-0.2, -0.15) is 0 Å². The maximum atomic E-state index is 12.9. The van der Waals surface area contributed by atoms with Gasteiger partial charge >= 0.3 is 0 Å². The van der Waals surface area contributed by atoms with Gasteiger partial charge in [-0.1, -0.05) is 56.1 Å². The van der Waals surface area contributed by atoms with Crippen LogP contribution in [0.3, 0.4) is 0 Å². The molecule has 0 spiro atoms. The van der Waals surface area contributed by atoms with Crippen LogP contribution in [0.5, 0.6) is 0 Å². The molecular weight excluding hydrogens is 484 g/mol. The van der Waals surface area contributed by atoms with E-state index in [9.17, 15) is 9.59 Å². The summed E-state index contributed by atoms with van der Waals surface area (Å²) in [7, 11) is 0. The Morgan fingerprint density at radius 3 is 2.04 bits per heavy atom. The van der Waals surface area contributed by atoms with Crippen LogP contribution in [-0.4, -0.2) is 11.8 Å². The highest BCUT2D eigenvalue weighted by Crippen LogP contribution is 2.25. The van der Waals surface area contributed by atoms with E-state index in [1.165, 1.54) is 6.92 Å². The summed E-state index contributed by atoms with van der Waals surface area (Å²) in [5, 5.41) is 2.89. The first-order valence-electron chi connectivity index (χ1n) is 8.62. The molecule has 1 N–H and O–H groups in total. The van der Waals surface area contributed by atoms with E-state index in [1.807, 2.05) is 54.6 Å². The molecule has 0 radical (unpaired) electrons. The highest BCUT2D eigenvalue weighted by Gasteiger charge is 2.19. The van der Waals surface area contributed by atoms with Crippen molar-refractivity contribution in [1.29, 1.82) is 0 Å². The average Bonchev–Trinajstić information content (AvgIpc) is 2.69. The van der Waals surface area contributed by atoms with E-state index in [2.05, 4.69) is 37.2 Å². The minimum Gasteiger partial charge on any atom is -0.322 e. The molecule has 3 aromatic carbocycles. The third kappa shape index (κ3) is 5.09. The van der Waals surface area contributed by atoms with Crippen LogP contribution in [0.1, 0.15) is 22.8 Å². The first-order chi connectivity index (χ1) is 13.4. The lowest BCUT2D eigenvalue weighted by Crippen LogP contribution is -2.30. The number of hydrogen-bond acceptors (Lipinski definition) is 2. The molecule has 0 atom stereocenters. The molecule has 28 heavy (non-hydrogen) atoms. The van der Waals surface area contributed by atoms with Gasteiger partial charge in [-0.25, -0.2) is 0 Å². The lowest BCUT2D eigenvalue weighted by atomic mass is 10.1. The van der Waals surface area contributed by atoms with E-state index in [0.717, 1.165) is 14.5 Å². The van der Waals surface area contributed by atoms with Crippen molar-refractivity contribution in [2.75, 3.05) is 10.2 Å². The van der Waals surface area contributed by atoms with Crippen molar-refractivity contribution >= 4 is 55.0 Å². The van der Waals surface area contributed by atoms with E-state index in [4.69, 9.17) is 0 Å². The number of anilines is 2. The molecule has 0 bridgehead atoms. The lowest BCUT2D eigenvalue weighted by molar-refractivity contribution is -0.116. The molecule has 4 nitrogen and oxygen atoms in total. The van der Waals surface area contributed by atoms with E-state index in [1.54, 1.807) is 23.1 Å². The molecule has 6 heteroatoms. The minimum absolute atomic E-state index is 0.133. The molecule has 0 fully saturated rings. The van der Waals surface area contributed by atoms with Gasteiger partial charge in [0.1, 0.15) is 0 Å². The van der Waals surface area contributed by atoms with E-state index in [-0.39, 0.29) is 11.8 Å². The van der Waals surface area contributed by atoms with Gasteiger partial charge in [0.05, 0.1) is 17.8 Å². The fraction of sp³-hybridized carbons (Fsp3) is 0.0909. The molecular formula is C22H18Br2N2O2. The minimum atomic E-state index is -0.264. The van der Waals surface area contributed by atoms with Crippen LogP contribution in [-0.2, 0) is 11.3 Å². The van der Waals surface area contributed by atoms with Crippen LogP contribution in [0.2, 0.25) is 0 Å². The molecule has 2 amide bonds. The van der Waals surface area contributed by atoms with Crippen LogP contribution < -0.4 is 10.2 Å². The molecule has 3 rings (SSSR count). The quantitative estimate of drug-likeness (QED) is 0.464. The van der Waals surface area contributed by atoms with Crippen molar-refractivity contribution in [2.45, 2.75) is 13.5 Å². The Morgan fingerprint density at radius 2 is 1.43 bits per heavy atom. The molecule has 0 heterocycles. The van der Waals surface area contributed by atoms with Gasteiger partial charge in [0, 0.05) is 21.6 Å². The zero-order valence-electron chi connectivity index (χ0n) is 15.2. The molecule has 0 unspecified atom stereocenters. The summed E-state index contributed by atoms with van der Waals surface area (Å²) in [5.41, 5.74) is 2.68. The second-order valence-electron chi connectivity index (χ2n) is 6.21. The van der Waals surface area contributed by atoms with Gasteiger partial charge in [-0.3, -0.25) is 9.59 Å². The lowest BCUT2D eigenvalue weighted by Gasteiger charge is -2.24. The molecule has 0 saturated heterocycles. The van der Waals surface area contributed by atoms with Gasteiger partial charge in [0.15, 0.2) is 0 Å². The standard InChI is InChI=1S/C22H18Br2N2O2/c1-15(27)26(14-16-6-8-17(23)9-7-16)21-5-3-2-4-20(21)22(28)25-19-12-10-18(24)11-13-19/h2-13H,14H2,1H3,(H,25,28). The van der Waals surface area contributed by atoms with Crippen molar-refractivity contribution in [3.8, 4) is 0 Å². The van der Waals surface area contributed by atoms with Gasteiger partial charge in [-0.15, -0.1) is 0 Å². The predicted molar refractivity (Wildman–Crippen MR) is 120 cm³/mol. The van der Waals surface area contributed by atoms with Crippen LogP contribution in [0.15, 0.2) is 81.7 Å². The van der Waals surface area contributed by atoms with Gasteiger partial charge < -0.3 is 10.2 Å². The van der Waals surface area contributed by atoms with Crippen LogP contribution in [0.4, 0.5) is 11.4 Å². The second kappa shape index (κ2) is 9.17. The Hall–Kier alpha value is -2.44. The topological polar surface area (TPSA) is 49.4 Å². The van der Waals surface area contributed by atoms with Gasteiger partial charge in [0.2, 0.25) is 5.91 Å². The molecule has 3 aromatic rings. The first-order valence-corrected chi connectivity index (χ1v) is 10.2. The summed E-state index contributed by atoms with van der Waals surface area (Å²) in [5.74, 6) is -0.396. The van der Waals surface area contributed by atoms with Crippen LogP contribution in [0.25, 0.3) is 0 Å². The van der Waals surface area contributed by atoms with Gasteiger partial charge in [0.25, 0.3) is 5.91 Å². The Labute approximate surface area is 180 Å². The summed E-state index contributed by atoms with van der Waals surface area (Å²) >= 11 is 6.80.